The lowest BCUT2D eigenvalue weighted by Gasteiger charge is -2.09. The molecule has 2 aromatic carbocycles. The van der Waals surface area contributed by atoms with Crippen LogP contribution >= 0.6 is 0 Å². The SMILES string of the molecule is CC(=O)c1ccc(S(=O)(=O)Nc2cccc(-c3nn[nH]n3)c2)cc1. The van der Waals surface area contributed by atoms with Crippen molar-refractivity contribution < 1.29 is 13.2 Å². The number of H-pyrrole nitrogens is 1. The first-order chi connectivity index (χ1) is 11.5. The number of hydrogen-bond donors (Lipinski definition) is 2. The molecule has 0 unspecified atom stereocenters. The standard InChI is InChI=1S/C15H13N5O3S/c1-10(21)11-5-7-14(8-6-11)24(22,23)18-13-4-2-3-12(9-13)15-16-19-20-17-15/h2-9,18H,1H3,(H,16,17,19,20). The van der Waals surface area contributed by atoms with Crippen LogP contribution in [0.3, 0.4) is 0 Å². The van der Waals surface area contributed by atoms with Gasteiger partial charge in [0.25, 0.3) is 10.0 Å². The molecule has 0 atom stereocenters. The summed E-state index contributed by atoms with van der Waals surface area (Å²) in [7, 11) is -3.77. The fourth-order valence-corrected chi connectivity index (χ4v) is 3.14. The van der Waals surface area contributed by atoms with E-state index >= 15 is 0 Å². The molecule has 0 aliphatic carbocycles. The van der Waals surface area contributed by atoms with Crippen molar-refractivity contribution in [1.82, 2.24) is 20.6 Å². The van der Waals surface area contributed by atoms with Gasteiger partial charge < -0.3 is 0 Å². The van der Waals surface area contributed by atoms with E-state index in [-0.39, 0.29) is 10.7 Å². The van der Waals surface area contributed by atoms with Gasteiger partial charge in [0.05, 0.1) is 4.90 Å². The summed E-state index contributed by atoms with van der Waals surface area (Å²) in [5, 5.41) is 13.5. The van der Waals surface area contributed by atoms with E-state index in [0.717, 1.165) is 0 Å². The smallest absolute Gasteiger partial charge is 0.261 e. The predicted molar refractivity (Wildman–Crippen MR) is 86.9 cm³/mol. The van der Waals surface area contributed by atoms with E-state index in [1.54, 1.807) is 24.3 Å². The highest BCUT2D eigenvalue weighted by Gasteiger charge is 2.15. The Morgan fingerprint density at radius 3 is 2.50 bits per heavy atom. The molecule has 0 aliphatic rings. The molecule has 0 radical (unpaired) electrons. The van der Waals surface area contributed by atoms with Gasteiger partial charge >= 0.3 is 0 Å². The van der Waals surface area contributed by atoms with E-state index < -0.39 is 10.0 Å². The molecule has 0 aliphatic heterocycles. The zero-order chi connectivity index (χ0) is 17.2. The van der Waals surface area contributed by atoms with E-state index in [4.69, 9.17) is 0 Å². The Kier molecular flexibility index (Phi) is 4.09. The summed E-state index contributed by atoms with van der Waals surface area (Å²) in [6.45, 7) is 1.42. The molecule has 0 spiro atoms. The Morgan fingerprint density at radius 1 is 1.12 bits per heavy atom. The average Bonchev–Trinajstić information content (AvgIpc) is 3.09. The lowest BCUT2D eigenvalue weighted by molar-refractivity contribution is 0.101. The van der Waals surface area contributed by atoms with Gasteiger partial charge in [-0.05, 0) is 36.4 Å². The van der Waals surface area contributed by atoms with E-state index in [9.17, 15) is 13.2 Å². The minimum absolute atomic E-state index is 0.0671. The zero-order valence-corrected chi connectivity index (χ0v) is 13.4. The van der Waals surface area contributed by atoms with Crippen LogP contribution in [-0.2, 0) is 10.0 Å². The van der Waals surface area contributed by atoms with Crippen molar-refractivity contribution in [2.24, 2.45) is 0 Å². The van der Waals surface area contributed by atoms with Gasteiger partial charge in [-0.15, -0.1) is 10.2 Å². The van der Waals surface area contributed by atoms with Crippen LogP contribution in [0, 0.1) is 0 Å². The quantitative estimate of drug-likeness (QED) is 0.683. The molecule has 1 heterocycles. The van der Waals surface area contributed by atoms with Crippen molar-refractivity contribution in [3.05, 3.63) is 54.1 Å². The Labute approximate surface area is 138 Å². The number of sulfonamides is 1. The number of aromatic amines is 1. The number of nitrogens with zero attached hydrogens (tertiary/aromatic N) is 3. The van der Waals surface area contributed by atoms with Crippen LogP contribution in [0.1, 0.15) is 17.3 Å². The van der Waals surface area contributed by atoms with Crippen LogP contribution in [0.15, 0.2) is 53.4 Å². The Morgan fingerprint density at radius 2 is 1.88 bits per heavy atom. The molecular weight excluding hydrogens is 330 g/mol. The van der Waals surface area contributed by atoms with Crippen LogP contribution in [-0.4, -0.2) is 34.8 Å². The summed E-state index contributed by atoms with van der Waals surface area (Å²) < 4.78 is 27.4. The zero-order valence-electron chi connectivity index (χ0n) is 12.6. The van der Waals surface area contributed by atoms with Crippen LogP contribution < -0.4 is 4.72 Å². The number of hydrogen-bond acceptors (Lipinski definition) is 6. The van der Waals surface area contributed by atoms with Gasteiger partial charge in [0.2, 0.25) is 5.82 Å². The number of carbonyl (C=O) groups excluding carboxylic acids is 1. The number of rotatable bonds is 5. The topological polar surface area (TPSA) is 118 Å². The molecule has 24 heavy (non-hydrogen) atoms. The van der Waals surface area contributed by atoms with E-state index in [2.05, 4.69) is 25.3 Å². The number of ketones is 1. The van der Waals surface area contributed by atoms with Gasteiger partial charge in [-0.25, -0.2) is 8.42 Å². The molecule has 0 saturated heterocycles. The van der Waals surface area contributed by atoms with E-state index in [0.29, 0.717) is 22.6 Å². The summed E-state index contributed by atoms with van der Waals surface area (Å²) in [4.78, 5) is 11.3. The van der Waals surface area contributed by atoms with Crippen molar-refractivity contribution in [3.8, 4) is 11.4 Å². The van der Waals surface area contributed by atoms with Crippen molar-refractivity contribution in [3.63, 3.8) is 0 Å². The fourth-order valence-electron chi connectivity index (χ4n) is 2.09. The molecule has 122 valence electrons. The molecule has 0 fully saturated rings. The maximum absolute atomic E-state index is 12.4. The highest BCUT2D eigenvalue weighted by atomic mass is 32.2. The van der Waals surface area contributed by atoms with E-state index in [1.165, 1.54) is 31.2 Å². The maximum Gasteiger partial charge on any atom is 0.261 e. The third kappa shape index (κ3) is 3.30. The molecule has 8 nitrogen and oxygen atoms in total. The third-order valence-corrected chi connectivity index (χ3v) is 4.69. The van der Waals surface area contributed by atoms with Gasteiger partial charge in [-0.2, -0.15) is 5.21 Å². The Bertz CT molecular complexity index is 967. The van der Waals surface area contributed by atoms with E-state index in [1.807, 2.05) is 0 Å². The number of anilines is 1. The normalized spacial score (nSPS) is 11.2. The highest BCUT2D eigenvalue weighted by Crippen LogP contribution is 2.21. The van der Waals surface area contributed by atoms with Crippen molar-refractivity contribution in [2.45, 2.75) is 11.8 Å². The molecule has 3 aromatic rings. The first-order valence-corrected chi connectivity index (χ1v) is 8.42. The first-order valence-electron chi connectivity index (χ1n) is 6.93. The lowest BCUT2D eigenvalue weighted by atomic mass is 10.2. The average molecular weight is 343 g/mol. The fraction of sp³-hybridized carbons (Fsp3) is 0.0667. The summed E-state index contributed by atoms with van der Waals surface area (Å²) in [5.74, 6) is 0.238. The third-order valence-electron chi connectivity index (χ3n) is 3.29. The Hall–Kier alpha value is -3.07. The number of nitrogens with one attached hydrogen (secondary N) is 2. The highest BCUT2D eigenvalue weighted by molar-refractivity contribution is 7.92. The largest absolute Gasteiger partial charge is 0.295 e. The molecule has 0 amide bonds. The van der Waals surface area contributed by atoms with Crippen LogP contribution in [0.5, 0.6) is 0 Å². The van der Waals surface area contributed by atoms with Crippen LogP contribution in [0.25, 0.3) is 11.4 Å². The molecule has 2 N–H and O–H groups in total. The number of Topliss-reactive ketones (excluding diaryl/α,β-unsaturated/α-hetero) is 1. The van der Waals surface area contributed by atoms with Gasteiger partial charge in [0.1, 0.15) is 0 Å². The molecule has 0 bridgehead atoms. The number of aromatic nitrogens is 4. The van der Waals surface area contributed by atoms with Crippen molar-refractivity contribution >= 4 is 21.5 Å². The van der Waals surface area contributed by atoms with Gasteiger partial charge in [0, 0.05) is 16.8 Å². The minimum Gasteiger partial charge on any atom is -0.295 e. The summed E-state index contributed by atoms with van der Waals surface area (Å²) >= 11 is 0. The monoisotopic (exact) mass is 343 g/mol. The minimum atomic E-state index is -3.77. The molecular formula is C15H13N5O3S. The first kappa shape index (κ1) is 15.8. The second-order valence-corrected chi connectivity index (χ2v) is 6.68. The number of carbonyl (C=O) groups is 1. The maximum atomic E-state index is 12.4. The molecule has 9 heteroatoms. The predicted octanol–water partition coefficient (Wildman–Crippen LogP) is 1.87. The second kappa shape index (κ2) is 6.20. The second-order valence-electron chi connectivity index (χ2n) is 5.00. The summed E-state index contributed by atoms with van der Waals surface area (Å²) in [5.41, 5.74) is 1.44. The molecule has 1 aromatic heterocycles. The van der Waals surface area contributed by atoms with Crippen LogP contribution in [0.2, 0.25) is 0 Å². The number of tetrazole rings is 1. The van der Waals surface area contributed by atoms with Crippen molar-refractivity contribution in [2.75, 3.05) is 4.72 Å². The van der Waals surface area contributed by atoms with Crippen molar-refractivity contribution in [1.29, 1.82) is 0 Å². The van der Waals surface area contributed by atoms with Gasteiger partial charge in [0.15, 0.2) is 5.78 Å². The molecule has 0 saturated carbocycles. The summed E-state index contributed by atoms with van der Waals surface area (Å²) in [6, 6.07) is 12.4. The van der Waals surface area contributed by atoms with Gasteiger partial charge in [-0.1, -0.05) is 24.3 Å². The van der Waals surface area contributed by atoms with Crippen LogP contribution in [0.4, 0.5) is 5.69 Å². The van der Waals surface area contributed by atoms with Gasteiger partial charge in [-0.3, -0.25) is 9.52 Å². The Balaban J connectivity index is 1.87. The number of benzene rings is 2. The lowest BCUT2D eigenvalue weighted by Crippen LogP contribution is -2.13. The summed E-state index contributed by atoms with van der Waals surface area (Å²) in [6.07, 6.45) is 0. The molecule has 3 rings (SSSR count).